The summed E-state index contributed by atoms with van der Waals surface area (Å²) in [5.41, 5.74) is 1.32. The molecule has 1 amide bonds. The fourth-order valence-corrected chi connectivity index (χ4v) is 2.65. The maximum atomic E-state index is 12.5. The summed E-state index contributed by atoms with van der Waals surface area (Å²) in [7, 11) is 3.56. The topological polar surface area (TPSA) is 58.4 Å². The Morgan fingerprint density at radius 1 is 1.60 bits per heavy atom. The lowest BCUT2D eigenvalue weighted by Crippen LogP contribution is -2.29. The molecule has 6 heteroatoms. The number of hydrogen-bond acceptors (Lipinski definition) is 4. The molecule has 2 aromatic rings. The van der Waals surface area contributed by atoms with Crippen molar-refractivity contribution in [1.29, 1.82) is 0 Å². The molecule has 0 saturated carbocycles. The molecule has 1 unspecified atom stereocenters. The molecule has 0 aliphatic rings. The van der Waals surface area contributed by atoms with E-state index in [0.717, 1.165) is 10.6 Å². The summed E-state index contributed by atoms with van der Waals surface area (Å²) in [6.07, 6.45) is 1.91. The maximum Gasteiger partial charge on any atom is 0.257 e. The fourth-order valence-electron chi connectivity index (χ4n) is 1.93. The van der Waals surface area contributed by atoms with Gasteiger partial charge in [0.25, 0.3) is 5.91 Å². The number of carbonyl (C=O) groups excluding carboxylic acids is 1. The fraction of sp³-hybridized carbons (Fsp3) is 0.429. The molecule has 0 aromatic carbocycles. The highest BCUT2D eigenvalue weighted by Gasteiger charge is 2.20. The van der Waals surface area contributed by atoms with Gasteiger partial charge in [-0.1, -0.05) is 6.07 Å². The molecule has 1 atom stereocenters. The third-order valence-corrected chi connectivity index (χ3v) is 3.92. The molecular weight excluding hydrogens is 274 g/mol. The summed E-state index contributed by atoms with van der Waals surface area (Å²) in [6.45, 7) is 2.24. The van der Waals surface area contributed by atoms with Crippen LogP contribution in [0.2, 0.25) is 0 Å². The van der Waals surface area contributed by atoms with Crippen LogP contribution in [0.4, 0.5) is 0 Å². The Kier molecular flexibility index (Phi) is 4.57. The van der Waals surface area contributed by atoms with Gasteiger partial charge in [-0.3, -0.25) is 9.48 Å². The molecule has 0 radical (unpaired) electrons. The highest BCUT2D eigenvalue weighted by molar-refractivity contribution is 7.13. The number of amides is 1. The van der Waals surface area contributed by atoms with Crippen LogP contribution in [0.25, 0.3) is 10.6 Å². The molecule has 0 saturated heterocycles. The number of hydrogen-bond donors (Lipinski definition) is 1. The molecule has 2 aromatic heterocycles. The van der Waals surface area contributed by atoms with Crippen molar-refractivity contribution in [3.8, 4) is 10.6 Å². The van der Waals surface area contributed by atoms with E-state index in [1.165, 1.54) is 0 Å². The van der Waals surface area contributed by atoms with E-state index < -0.39 is 6.10 Å². The van der Waals surface area contributed by atoms with Crippen LogP contribution in [-0.4, -0.2) is 45.4 Å². The van der Waals surface area contributed by atoms with Gasteiger partial charge in [-0.25, -0.2) is 0 Å². The van der Waals surface area contributed by atoms with Crippen molar-refractivity contribution in [1.82, 2.24) is 14.7 Å². The minimum atomic E-state index is -0.407. The van der Waals surface area contributed by atoms with Crippen LogP contribution in [0.1, 0.15) is 23.7 Å². The van der Waals surface area contributed by atoms with E-state index in [-0.39, 0.29) is 5.91 Å². The number of rotatable bonds is 5. The summed E-state index contributed by atoms with van der Waals surface area (Å²) >= 11 is 1.56. The predicted molar refractivity (Wildman–Crippen MR) is 79.8 cm³/mol. The third kappa shape index (κ3) is 3.26. The summed E-state index contributed by atoms with van der Waals surface area (Å²) in [4.78, 5) is 15.1. The van der Waals surface area contributed by atoms with E-state index in [4.69, 9.17) is 0 Å². The minimum absolute atomic E-state index is 0.0675. The molecule has 108 valence electrons. The quantitative estimate of drug-likeness (QED) is 0.917. The Hall–Kier alpha value is -1.66. The van der Waals surface area contributed by atoms with Gasteiger partial charge >= 0.3 is 0 Å². The normalized spacial score (nSPS) is 12.4. The van der Waals surface area contributed by atoms with Crippen LogP contribution >= 0.6 is 11.3 Å². The van der Waals surface area contributed by atoms with Crippen molar-refractivity contribution in [2.75, 3.05) is 13.6 Å². The lowest BCUT2D eigenvalue weighted by Gasteiger charge is -2.17. The summed E-state index contributed by atoms with van der Waals surface area (Å²) < 4.78 is 1.66. The van der Waals surface area contributed by atoms with Crippen molar-refractivity contribution in [3.05, 3.63) is 29.3 Å². The van der Waals surface area contributed by atoms with E-state index in [1.54, 1.807) is 41.1 Å². The Morgan fingerprint density at radius 2 is 2.35 bits per heavy atom. The molecule has 0 aliphatic carbocycles. The molecule has 0 spiro atoms. The largest absolute Gasteiger partial charge is 0.393 e. The van der Waals surface area contributed by atoms with E-state index in [1.807, 2.05) is 24.6 Å². The number of aryl methyl sites for hydroxylation is 1. The minimum Gasteiger partial charge on any atom is -0.393 e. The molecule has 1 N–H and O–H groups in total. The Balaban J connectivity index is 2.22. The van der Waals surface area contributed by atoms with Gasteiger partial charge in [0.15, 0.2) is 0 Å². The highest BCUT2D eigenvalue weighted by atomic mass is 32.1. The number of aliphatic hydroxyl groups excluding tert-OH is 1. The Bertz CT molecular complexity index is 575. The van der Waals surface area contributed by atoms with Crippen LogP contribution in [0.5, 0.6) is 0 Å². The van der Waals surface area contributed by atoms with Crippen LogP contribution < -0.4 is 0 Å². The number of carbonyl (C=O) groups is 1. The average Bonchev–Trinajstić information content (AvgIpc) is 3.03. The van der Waals surface area contributed by atoms with Crippen molar-refractivity contribution in [3.63, 3.8) is 0 Å². The van der Waals surface area contributed by atoms with Gasteiger partial charge in [0.1, 0.15) is 5.69 Å². The number of nitrogens with zero attached hydrogens (tertiary/aromatic N) is 3. The Morgan fingerprint density at radius 3 is 2.95 bits per heavy atom. The highest BCUT2D eigenvalue weighted by Crippen LogP contribution is 2.27. The van der Waals surface area contributed by atoms with Gasteiger partial charge in [0, 0.05) is 26.8 Å². The molecule has 0 fully saturated rings. The maximum absolute atomic E-state index is 12.5. The van der Waals surface area contributed by atoms with Crippen LogP contribution in [0, 0.1) is 0 Å². The van der Waals surface area contributed by atoms with E-state index in [0.29, 0.717) is 18.5 Å². The number of aliphatic hydroxyl groups is 1. The standard InChI is InChI=1S/C14H19N3O2S/c1-10(18)6-7-16(2)14(19)11-9-17(3)15-13(11)12-5-4-8-20-12/h4-5,8-10,18H,6-7H2,1-3H3. The van der Waals surface area contributed by atoms with Crippen molar-refractivity contribution in [2.45, 2.75) is 19.4 Å². The zero-order valence-electron chi connectivity index (χ0n) is 11.9. The molecule has 0 bridgehead atoms. The van der Waals surface area contributed by atoms with Gasteiger partial charge < -0.3 is 10.0 Å². The second-order valence-corrected chi connectivity index (χ2v) is 5.85. The van der Waals surface area contributed by atoms with Crippen molar-refractivity contribution >= 4 is 17.2 Å². The van der Waals surface area contributed by atoms with Crippen molar-refractivity contribution < 1.29 is 9.90 Å². The second-order valence-electron chi connectivity index (χ2n) is 4.91. The van der Waals surface area contributed by atoms with E-state index >= 15 is 0 Å². The van der Waals surface area contributed by atoms with Crippen LogP contribution in [0.15, 0.2) is 23.7 Å². The molecule has 0 aliphatic heterocycles. The first kappa shape index (κ1) is 14.7. The molecule has 2 rings (SSSR count). The molecular formula is C14H19N3O2S. The van der Waals surface area contributed by atoms with Gasteiger partial charge in [-0.2, -0.15) is 5.10 Å². The monoisotopic (exact) mass is 293 g/mol. The first-order valence-electron chi connectivity index (χ1n) is 6.50. The average molecular weight is 293 g/mol. The summed E-state index contributed by atoms with van der Waals surface area (Å²) in [5.74, 6) is -0.0675. The second kappa shape index (κ2) is 6.19. The lowest BCUT2D eigenvalue weighted by atomic mass is 10.2. The van der Waals surface area contributed by atoms with Gasteiger partial charge in [0.2, 0.25) is 0 Å². The molecule has 5 nitrogen and oxygen atoms in total. The zero-order valence-corrected chi connectivity index (χ0v) is 12.7. The van der Waals surface area contributed by atoms with Crippen molar-refractivity contribution in [2.24, 2.45) is 7.05 Å². The molecule has 2 heterocycles. The van der Waals surface area contributed by atoms with E-state index in [9.17, 15) is 9.90 Å². The number of aromatic nitrogens is 2. The summed E-state index contributed by atoms with van der Waals surface area (Å²) in [5, 5.41) is 15.7. The third-order valence-electron chi connectivity index (χ3n) is 3.04. The SMILES string of the molecule is CC(O)CCN(C)C(=O)c1cn(C)nc1-c1cccs1. The van der Waals surface area contributed by atoms with Gasteiger partial charge in [0.05, 0.1) is 16.5 Å². The first-order chi connectivity index (χ1) is 9.49. The van der Waals surface area contributed by atoms with Crippen LogP contribution in [0.3, 0.4) is 0 Å². The van der Waals surface area contributed by atoms with Crippen LogP contribution in [-0.2, 0) is 7.05 Å². The number of thiophene rings is 1. The molecule has 20 heavy (non-hydrogen) atoms. The summed E-state index contributed by atoms with van der Waals surface area (Å²) in [6, 6.07) is 3.90. The van der Waals surface area contributed by atoms with E-state index in [2.05, 4.69) is 5.10 Å². The smallest absolute Gasteiger partial charge is 0.257 e. The van der Waals surface area contributed by atoms with Gasteiger partial charge in [-0.15, -0.1) is 11.3 Å². The predicted octanol–water partition coefficient (Wildman–Crippen LogP) is 1.99. The zero-order chi connectivity index (χ0) is 14.7. The Labute approximate surface area is 122 Å². The lowest BCUT2D eigenvalue weighted by molar-refractivity contribution is 0.0769. The first-order valence-corrected chi connectivity index (χ1v) is 7.38. The van der Waals surface area contributed by atoms with Gasteiger partial charge in [-0.05, 0) is 24.8 Å².